The van der Waals surface area contributed by atoms with E-state index in [2.05, 4.69) is 29.3 Å². The molecule has 0 bridgehead atoms. The topological polar surface area (TPSA) is 50.8 Å². The normalized spacial score (nSPS) is 14.6. The molecule has 1 unspecified atom stereocenters. The van der Waals surface area contributed by atoms with Gasteiger partial charge in [0, 0.05) is 12.1 Å². The number of carbonyl (C=O) groups excluding carboxylic acids is 1. The summed E-state index contributed by atoms with van der Waals surface area (Å²) >= 11 is 0. The molecule has 0 aromatic heterocycles. The Bertz CT molecular complexity index is 759. The van der Waals surface area contributed by atoms with E-state index < -0.39 is 0 Å². The van der Waals surface area contributed by atoms with Gasteiger partial charge < -0.3 is 14.8 Å². The maximum Gasteiger partial charge on any atom is 0.251 e. The molecule has 1 aliphatic heterocycles. The second-order valence-corrected chi connectivity index (χ2v) is 7.47. The molecule has 1 amide bonds. The van der Waals surface area contributed by atoms with Crippen molar-refractivity contribution in [3.63, 3.8) is 0 Å². The van der Waals surface area contributed by atoms with Crippen molar-refractivity contribution in [3.8, 4) is 11.5 Å². The molecular weight excluding hydrogens is 400 g/mol. The first-order valence-electron chi connectivity index (χ1n) is 10.6. The molecule has 1 N–H and O–H groups in total. The molecule has 30 heavy (non-hydrogen) atoms. The van der Waals surface area contributed by atoms with E-state index in [1.165, 1.54) is 18.4 Å². The predicted molar refractivity (Wildman–Crippen MR) is 123 cm³/mol. The molecule has 1 atom stereocenters. The number of halogens is 1. The number of hydrogen-bond acceptors (Lipinski definition) is 4. The minimum Gasteiger partial charge on any atom is -0.497 e. The van der Waals surface area contributed by atoms with Crippen molar-refractivity contribution in [2.75, 3.05) is 33.4 Å². The summed E-state index contributed by atoms with van der Waals surface area (Å²) in [4.78, 5) is 15.1. The third-order valence-corrected chi connectivity index (χ3v) is 5.42. The van der Waals surface area contributed by atoms with Crippen molar-refractivity contribution in [1.82, 2.24) is 10.2 Å². The second kappa shape index (κ2) is 12.5. The van der Waals surface area contributed by atoms with E-state index in [9.17, 15) is 4.79 Å². The van der Waals surface area contributed by atoms with Gasteiger partial charge in [0.2, 0.25) is 0 Å². The van der Waals surface area contributed by atoms with Crippen LogP contribution in [0, 0.1) is 0 Å². The fourth-order valence-electron chi connectivity index (χ4n) is 3.67. The van der Waals surface area contributed by atoms with E-state index >= 15 is 0 Å². The van der Waals surface area contributed by atoms with Crippen LogP contribution in [0.4, 0.5) is 0 Å². The number of methoxy groups -OCH3 is 1. The average molecular weight is 433 g/mol. The van der Waals surface area contributed by atoms with Crippen LogP contribution < -0.4 is 14.8 Å². The fourth-order valence-corrected chi connectivity index (χ4v) is 3.67. The van der Waals surface area contributed by atoms with Gasteiger partial charge in [0.25, 0.3) is 5.91 Å². The number of nitrogens with one attached hydrogen (secondary N) is 1. The molecular formula is C24H33ClN2O3. The van der Waals surface area contributed by atoms with Crippen molar-refractivity contribution >= 4 is 18.3 Å². The van der Waals surface area contributed by atoms with Crippen LogP contribution in [0.2, 0.25) is 0 Å². The summed E-state index contributed by atoms with van der Waals surface area (Å²) < 4.78 is 11.0. The lowest BCUT2D eigenvalue weighted by Crippen LogP contribution is -2.36. The van der Waals surface area contributed by atoms with Gasteiger partial charge in [-0.2, -0.15) is 0 Å². The summed E-state index contributed by atoms with van der Waals surface area (Å²) in [6.07, 6.45) is 4.55. The number of benzene rings is 2. The van der Waals surface area contributed by atoms with E-state index in [0.717, 1.165) is 37.4 Å². The second-order valence-electron chi connectivity index (χ2n) is 7.47. The van der Waals surface area contributed by atoms with Gasteiger partial charge in [-0.3, -0.25) is 9.69 Å². The summed E-state index contributed by atoms with van der Waals surface area (Å²) in [5.74, 6) is 1.60. The van der Waals surface area contributed by atoms with Crippen LogP contribution >= 0.6 is 12.4 Å². The number of carbonyl (C=O) groups is 1. The molecule has 2 aromatic rings. The quantitative estimate of drug-likeness (QED) is 0.544. The lowest BCUT2D eigenvalue weighted by Gasteiger charge is -2.28. The number of unbranched alkanes of at least 4 members (excludes halogenated alkanes) is 1. The Balaban J connectivity index is 0.00000320. The number of likely N-dealkylation sites (tertiary alicyclic amines) is 1. The minimum atomic E-state index is -0.0529. The zero-order valence-electron chi connectivity index (χ0n) is 17.9. The van der Waals surface area contributed by atoms with Gasteiger partial charge in [-0.25, -0.2) is 0 Å². The molecule has 1 aliphatic rings. The molecule has 1 saturated heterocycles. The Labute approximate surface area is 186 Å². The first-order chi connectivity index (χ1) is 14.2. The van der Waals surface area contributed by atoms with E-state index in [0.29, 0.717) is 18.7 Å². The molecule has 164 valence electrons. The summed E-state index contributed by atoms with van der Waals surface area (Å²) in [7, 11) is 1.67. The van der Waals surface area contributed by atoms with Gasteiger partial charge in [0.15, 0.2) is 0 Å². The highest BCUT2D eigenvalue weighted by atomic mass is 35.5. The fraction of sp³-hybridized carbons (Fsp3) is 0.458. The SMILES string of the molecule is CCCCOc1ccc(C(=O)NCC(c2ccc(OC)cc2)N2CCCC2)cc1.Cl. The lowest BCUT2D eigenvalue weighted by atomic mass is 10.0. The molecule has 0 spiro atoms. The van der Waals surface area contributed by atoms with Gasteiger partial charge in [-0.15, -0.1) is 12.4 Å². The number of amides is 1. The summed E-state index contributed by atoms with van der Waals surface area (Å²) in [5, 5.41) is 3.12. The van der Waals surface area contributed by atoms with Crippen molar-refractivity contribution in [3.05, 3.63) is 59.7 Å². The van der Waals surface area contributed by atoms with Gasteiger partial charge in [-0.1, -0.05) is 25.5 Å². The molecule has 0 radical (unpaired) electrons. The van der Waals surface area contributed by atoms with Crippen molar-refractivity contribution in [2.45, 2.75) is 38.6 Å². The zero-order valence-corrected chi connectivity index (χ0v) is 18.7. The highest BCUT2D eigenvalue weighted by molar-refractivity contribution is 5.94. The van der Waals surface area contributed by atoms with Crippen LogP contribution in [0.1, 0.15) is 54.6 Å². The Morgan fingerprint density at radius 3 is 2.27 bits per heavy atom. The zero-order chi connectivity index (χ0) is 20.5. The average Bonchev–Trinajstić information content (AvgIpc) is 3.29. The molecule has 3 rings (SSSR count). The Hall–Kier alpha value is -2.24. The van der Waals surface area contributed by atoms with Gasteiger partial charge in [0.1, 0.15) is 11.5 Å². The van der Waals surface area contributed by atoms with Crippen molar-refractivity contribution in [1.29, 1.82) is 0 Å². The Kier molecular flexibility index (Phi) is 9.98. The number of rotatable bonds is 10. The van der Waals surface area contributed by atoms with E-state index in [4.69, 9.17) is 9.47 Å². The molecule has 2 aromatic carbocycles. The minimum absolute atomic E-state index is 0. The van der Waals surface area contributed by atoms with Crippen LogP contribution in [-0.4, -0.2) is 44.2 Å². The predicted octanol–water partition coefficient (Wildman–Crippen LogP) is 4.86. The molecule has 1 heterocycles. The van der Waals surface area contributed by atoms with E-state index in [1.807, 2.05) is 36.4 Å². The highest BCUT2D eigenvalue weighted by Gasteiger charge is 2.24. The Morgan fingerprint density at radius 2 is 1.67 bits per heavy atom. The maximum absolute atomic E-state index is 12.7. The maximum atomic E-state index is 12.7. The monoisotopic (exact) mass is 432 g/mol. The lowest BCUT2D eigenvalue weighted by molar-refractivity contribution is 0.0938. The van der Waals surface area contributed by atoms with Crippen LogP contribution in [0.15, 0.2) is 48.5 Å². The molecule has 5 nitrogen and oxygen atoms in total. The summed E-state index contributed by atoms with van der Waals surface area (Å²) in [6.45, 7) is 5.56. The van der Waals surface area contributed by atoms with Crippen LogP contribution in [0.3, 0.4) is 0 Å². The van der Waals surface area contributed by atoms with Crippen LogP contribution in [0.25, 0.3) is 0 Å². The largest absolute Gasteiger partial charge is 0.497 e. The first kappa shape index (κ1) is 24.0. The van der Waals surface area contributed by atoms with Crippen LogP contribution in [0.5, 0.6) is 11.5 Å². The summed E-state index contributed by atoms with van der Waals surface area (Å²) in [5.41, 5.74) is 1.86. The summed E-state index contributed by atoms with van der Waals surface area (Å²) in [6, 6.07) is 15.7. The molecule has 0 aliphatic carbocycles. The molecule has 6 heteroatoms. The number of hydrogen-bond donors (Lipinski definition) is 1. The van der Waals surface area contributed by atoms with E-state index in [1.54, 1.807) is 7.11 Å². The smallest absolute Gasteiger partial charge is 0.251 e. The van der Waals surface area contributed by atoms with E-state index in [-0.39, 0.29) is 24.4 Å². The van der Waals surface area contributed by atoms with Gasteiger partial charge >= 0.3 is 0 Å². The first-order valence-corrected chi connectivity index (χ1v) is 10.6. The highest BCUT2D eigenvalue weighted by Crippen LogP contribution is 2.26. The third-order valence-electron chi connectivity index (χ3n) is 5.42. The number of nitrogens with zero attached hydrogens (tertiary/aromatic N) is 1. The van der Waals surface area contributed by atoms with Gasteiger partial charge in [-0.05, 0) is 74.3 Å². The molecule has 0 saturated carbocycles. The van der Waals surface area contributed by atoms with Crippen LogP contribution in [-0.2, 0) is 0 Å². The standard InChI is InChI=1S/C24H32N2O3.ClH/c1-3-4-17-29-22-13-9-20(10-14-22)24(27)25-18-23(26-15-5-6-16-26)19-7-11-21(28-2)12-8-19;/h7-14,23H,3-6,15-18H2,1-2H3,(H,25,27);1H. The van der Waals surface area contributed by atoms with Crippen molar-refractivity contribution in [2.24, 2.45) is 0 Å². The van der Waals surface area contributed by atoms with Crippen molar-refractivity contribution < 1.29 is 14.3 Å². The van der Waals surface area contributed by atoms with Gasteiger partial charge in [0.05, 0.1) is 19.8 Å². The Morgan fingerprint density at radius 1 is 1.03 bits per heavy atom. The molecule has 1 fully saturated rings. The third kappa shape index (κ3) is 6.64. The number of ether oxygens (including phenoxy) is 2.